The summed E-state index contributed by atoms with van der Waals surface area (Å²) in [5.74, 6) is 1.08. The van der Waals surface area contributed by atoms with Gasteiger partial charge in [-0.1, -0.05) is 12.1 Å². The van der Waals surface area contributed by atoms with Crippen LogP contribution >= 0.6 is 0 Å². The normalized spacial score (nSPS) is 10.1. The van der Waals surface area contributed by atoms with Crippen LogP contribution in [0.25, 0.3) is 0 Å². The Bertz CT molecular complexity index is 560. The summed E-state index contributed by atoms with van der Waals surface area (Å²) in [6, 6.07) is 8.09. The topological polar surface area (TPSA) is 69.2 Å². The molecule has 1 N–H and O–H groups in total. The average molecular weight is 260 g/mol. The number of rotatable bonds is 5. The predicted octanol–water partition coefficient (Wildman–Crippen LogP) is 2.41. The molecule has 0 spiro atoms. The van der Waals surface area contributed by atoms with E-state index in [0.29, 0.717) is 18.3 Å². The van der Waals surface area contributed by atoms with Gasteiger partial charge in [0.05, 0.1) is 6.61 Å². The summed E-state index contributed by atoms with van der Waals surface area (Å²) < 4.78 is 10.9. The summed E-state index contributed by atoms with van der Waals surface area (Å²) in [5.41, 5.74) is 1.10. The molecule has 0 radical (unpaired) electrons. The van der Waals surface area contributed by atoms with Gasteiger partial charge >= 0.3 is 12.0 Å². The fourth-order valence-corrected chi connectivity index (χ4v) is 1.47. The Labute approximate surface area is 111 Å². The highest BCUT2D eigenvalue weighted by Crippen LogP contribution is 2.21. The van der Waals surface area contributed by atoms with Crippen LogP contribution in [-0.4, -0.2) is 28.6 Å². The second kappa shape index (κ2) is 5.99. The summed E-state index contributed by atoms with van der Waals surface area (Å²) in [6.45, 7) is 4.34. The number of nitrogens with one attached hydrogen (secondary N) is 1. The van der Waals surface area contributed by atoms with Crippen LogP contribution in [0.4, 0.5) is 5.95 Å². The van der Waals surface area contributed by atoms with Gasteiger partial charge in [0.15, 0.2) is 0 Å². The molecule has 0 fully saturated rings. The van der Waals surface area contributed by atoms with Crippen molar-refractivity contribution < 1.29 is 9.47 Å². The minimum atomic E-state index is 0.202. The zero-order chi connectivity index (χ0) is 13.7. The lowest BCUT2D eigenvalue weighted by Crippen LogP contribution is -2.05. The van der Waals surface area contributed by atoms with Gasteiger partial charge < -0.3 is 14.8 Å². The number of aryl methyl sites for hydroxylation is 1. The molecule has 0 aliphatic rings. The highest BCUT2D eigenvalue weighted by molar-refractivity contribution is 5.32. The predicted molar refractivity (Wildman–Crippen MR) is 71.8 cm³/mol. The fraction of sp³-hybridized carbons (Fsp3) is 0.308. The van der Waals surface area contributed by atoms with Gasteiger partial charge in [0.2, 0.25) is 5.95 Å². The van der Waals surface area contributed by atoms with Crippen molar-refractivity contribution >= 4 is 5.95 Å². The Kier molecular flexibility index (Phi) is 4.12. The summed E-state index contributed by atoms with van der Waals surface area (Å²) in [4.78, 5) is 12.3. The number of benzene rings is 1. The Morgan fingerprint density at radius 1 is 1.16 bits per heavy atom. The second-order valence-corrected chi connectivity index (χ2v) is 3.83. The van der Waals surface area contributed by atoms with Crippen LogP contribution in [-0.2, 0) is 0 Å². The number of anilines is 1. The SMILES string of the molecule is CCOc1nc(NC)nc(Oc2cccc(C)c2)n1. The van der Waals surface area contributed by atoms with E-state index in [4.69, 9.17) is 9.47 Å². The van der Waals surface area contributed by atoms with Gasteiger partial charge in [-0.3, -0.25) is 0 Å². The molecule has 1 heterocycles. The van der Waals surface area contributed by atoms with Gasteiger partial charge in [-0.15, -0.1) is 4.98 Å². The zero-order valence-corrected chi connectivity index (χ0v) is 11.2. The highest BCUT2D eigenvalue weighted by atomic mass is 16.5. The van der Waals surface area contributed by atoms with E-state index in [9.17, 15) is 0 Å². The van der Waals surface area contributed by atoms with Crippen LogP contribution in [0.5, 0.6) is 17.8 Å². The lowest BCUT2D eigenvalue weighted by atomic mass is 10.2. The van der Waals surface area contributed by atoms with Crippen LogP contribution in [0, 0.1) is 6.92 Å². The zero-order valence-electron chi connectivity index (χ0n) is 11.2. The molecule has 2 rings (SSSR count). The first-order chi connectivity index (χ1) is 9.21. The third-order valence-corrected chi connectivity index (χ3v) is 2.29. The smallest absolute Gasteiger partial charge is 0.330 e. The van der Waals surface area contributed by atoms with Crippen LogP contribution in [0.15, 0.2) is 24.3 Å². The lowest BCUT2D eigenvalue weighted by Gasteiger charge is -2.08. The molecule has 0 unspecified atom stereocenters. The molecule has 100 valence electrons. The maximum absolute atomic E-state index is 5.61. The third kappa shape index (κ3) is 3.54. The van der Waals surface area contributed by atoms with Crippen molar-refractivity contribution in [3.05, 3.63) is 29.8 Å². The average Bonchev–Trinajstić information content (AvgIpc) is 2.39. The van der Waals surface area contributed by atoms with E-state index in [1.165, 1.54) is 0 Å². The van der Waals surface area contributed by atoms with E-state index >= 15 is 0 Å². The molecule has 0 bridgehead atoms. The van der Waals surface area contributed by atoms with Gasteiger partial charge in [-0.05, 0) is 31.5 Å². The van der Waals surface area contributed by atoms with Crippen LogP contribution in [0.2, 0.25) is 0 Å². The summed E-state index contributed by atoms with van der Waals surface area (Å²) in [7, 11) is 1.72. The first-order valence-corrected chi connectivity index (χ1v) is 6.02. The fourth-order valence-electron chi connectivity index (χ4n) is 1.47. The van der Waals surface area contributed by atoms with Crippen LogP contribution in [0.1, 0.15) is 12.5 Å². The molecule has 0 saturated carbocycles. The maximum Gasteiger partial charge on any atom is 0.330 e. The third-order valence-electron chi connectivity index (χ3n) is 2.29. The molecule has 0 saturated heterocycles. The second-order valence-electron chi connectivity index (χ2n) is 3.83. The Balaban J connectivity index is 2.26. The molecule has 0 atom stereocenters. The van der Waals surface area contributed by atoms with E-state index in [1.807, 2.05) is 38.1 Å². The summed E-state index contributed by atoms with van der Waals surface area (Å²) in [5, 5.41) is 2.84. The van der Waals surface area contributed by atoms with E-state index in [1.54, 1.807) is 7.05 Å². The van der Waals surface area contributed by atoms with E-state index in [-0.39, 0.29) is 12.0 Å². The van der Waals surface area contributed by atoms with Crippen molar-refractivity contribution in [1.29, 1.82) is 0 Å². The molecule has 0 amide bonds. The summed E-state index contributed by atoms with van der Waals surface area (Å²) >= 11 is 0. The molecule has 1 aromatic heterocycles. The highest BCUT2D eigenvalue weighted by Gasteiger charge is 2.08. The molecule has 19 heavy (non-hydrogen) atoms. The molecular formula is C13H16N4O2. The van der Waals surface area contributed by atoms with Crippen LogP contribution in [0.3, 0.4) is 0 Å². The first kappa shape index (κ1) is 13.1. The number of ether oxygens (including phenoxy) is 2. The number of aromatic nitrogens is 3. The van der Waals surface area contributed by atoms with E-state index < -0.39 is 0 Å². The number of hydrogen-bond donors (Lipinski definition) is 1. The van der Waals surface area contributed by atoms with E-state index in [0.717, 1.165) is 5.56 Å². The van der Waals surface area contributed by atoms with Gasteiger partial charge in [0.1, 0.15) is 5.75 Å². The molecule has 6 heteroatoms. The van der Waals surface area contributed by atoms with Gasteiger partial charge in [0.25, 0.3) is 0 Å². The minimum Gasteiger partial charge on any atom is -0.464 e. The molecular weight excluding hydrogens is 244 g/mol. The molecule has 6 nitrogen and oxygen atoms in total. The summed E-state index contributed by atoms with van der Waals surface area (Å²) in [6.07, 6.45) is 0. The minimum absolute atomic E-state index is 0.202. The lowest BCUT2D eigenvalue weighted by molar-refractivity contribution is 0.304. The van der Waals surface area contributed by atoms with Crippen molar-refractivity contribution in [2.75, 3.05) is 19.0 Å². The molecule has 2 aromatic rings. The Hall–Kier alpha value is -2.37. The quantitative estimate of drug-likeness (QED) is 0.890. The molecule has 0 aliphatic heterocycles. The maximum atomic E-state index is 5.61. The van der Waals surface area contributed by atoms with Gasteiger partial charge in [-0.2, -0.15) is 9.97 Å². The standard InChI is InChI=1S/C13H16N4O2/c1-4-18-12-15-11(14-3)16-13(17-12)19-10-7-5-6-9(2)8-10/h5-8H,4H2,1-3H3,(H,14,15,16,17). The van der Waals surface area contributed by atoms with Crippen molar-refractivity contribution in [1.82, 2.24) is 15.0 Å². The van der Waals surface area contributed by atoms with Crippen molar-refractivity contribution in [3.8, 4) is 17.8 Å². The monoisotopic (exact) mass is 260 g/mol. The molecule has 1 aromatic carbocycles. The van der Waals surface area contributed by atoms with Crippen molar-refractivity contribution in [2.45, 2.75) is 13.8 Å². The first-order valence-electron chi connectivity index (χ1n) is 6.02. The Morgan fingerprint density at radius 2 is 1.95 bits per heavy atom. The number of hydrogen-bond acceptors (Lipinski definition) is 6. The number of nitrogens with zero attached hydrogens (tertiary/aromatic N) is 3. The van der Waals surface area contributed by atoms with Crippen molar-refractivity contribution in [3.63, 3.8) is 0 Å². The van der Waals surface area contributed by atoms with Gasteiger partial charge in [0, 0.05) is 7.05 Å². The van der Waals surface area contributed by atoms with Crippen molar-refractivity contribution in [2.24, 2.45) is 0 Å². The molecule has 0 aliphatic carbocycles. The largest absolute Gasteiger partial charge is 0.464 e. The van der Waals surface area contributed by atoms with Gasteiger partial charge in [-0.25, -0.2) is 0 Å². The Morgan fingerprint density at radius 3 is 2.63 bits per heavy atom. The van der Waals surface area contributed by atoms with Crippen LogP contribution < -0.4 is 14.8 Å². The van der Waals surface area contributed by atoms with E-state index in [2.05, 4.69) is 20.3 Å².